The molecule has 0 atom stereocenters. The number of nitrogens with two attached hydrogens (primary N) is 1. The number of halogens is 1. The summed E-state index contributed by atoms with van der Waals surface area (Å²) in [6.07, 6.45) is 3.58. The highest BCUT2D eigenvalue weighted by Crippen LogP contribution is 2.20. The molecule has 2 aromatic heterocycles. The Morgan fingerprint density at radius 3 is 2.78 bits per heavy atom. The quantitative estimate of drug-likeness (QED) is 0.891. The van der Waals surface area contributed by atoms with Gasteiger partial charge in [0.15, 0.2) is 0 Å². The zero-order valence-corrected chi connectivity index (χ0v) is 12.0. The number of rotatable bonds is 4. The standard InChI is InChI=1S/C15H13FN4O3/c16-10-3-9(5-18-6-10)15(22)20-7-12(8-20)23-11-1-2-19-13(4-11)14(17)21/h1-6,12H,7-8H2,(H2,17,21). The van der Waals surface area contributed by atoms with E-state index in [-0.39, 0.29) is 23.3 Å². The lowest BCUT2D eigenvalue weighted by molar-refractivity contribution is 0.0177. The molecule has 3 rings (SSSR count). The molecule has 8 heteroatoms. The van der Waals surface area contributed by atoms with E-state index in [1.807, 2.05) is 0 Å². The molecule has 2 aromatic rings. The molecule has 1 saturated heterocycles. The van der Waals surface area contributed by atoms with Gasteiger partial charge in [0.25, 0.3) is 11.8 Å². The van der Waals surface area contributed by atoms with Crippen molar-refractivity contribution in [3.8, 4) is 5.75 Å². The summed E-state index contributed by atoms with van der Waals surface area (Å²) in [4.78, 5) is 32.2. The van der Waals surface area contributed by atoms with E-state index in [1.165, 1.54) is 23.4 Å². The van der Waals surface area contributed by atoms with Crippen molar-refractivity contribution in [3.63, 3.8) is 0 Å². The van der Waals surface area contributed by atoms with Crippen molar-refractivity contribution >= 4 is 11.8 Å². The van der Waals surface area contributed by atoms with Gasteiger partial charge < -0.3 is 15.4 Å². The van der Waals surface area contributed by atoms with E-state index in [4.69, 9.17) is 10.5 Å². The maximum atomic E-state index is 13.1. The molecule has 2 amide bonds. The van der Waals surface area contributed by atoms with Gasteiger partial charge in [-0.25, -0.2) is 4.39 Å². The summed E-state index contributed by atoms with van der Waals surface area (Å²) < 4.78 is 18.7. The summed E-state index contributed by atoms with van der Waals surface area (Å²) >= 11 is 0. The topological polar surface area (TPSA) is 98.4 Å². The van der Waals surface area contributed by atoms with Crippen LogP contribution in [-0.2, 0) is 0 Å². The molecule has 0 spiro atoms. The number of aromatic nitrogens is 2. The van der Waals surface area contributed by atoms with Gasteiger partial charge in [-0.2, -0.15) is 0 Å². The van der Waals surface area contributed by atoms with Crippen LogP contribution in [0.15, 0.2) is 36.8 Å². The second-order valence-corrected chi connectivity index (χ2v) is 5.08. The van der Waals surface area contributed by atoms with Gasteiger partial charge in [0.05, 0.1) is 24.8 Å². The lowest BCUT2D eigenvalue weighted by Gasteiger charge is -2.38. The van der Waals surface area contributed by atoms with Crippen LogP contribution in [0.2, 0.25) is 0 Å². The third-order valence-corrected chi connectivity index (χ3v) is 3.37. The van der Waals surface area contributed by atoms with E-state index in [2.05, 4.69) is 9.97 Å². The first-order chi connectivity index (χ1) is 11.0. The van der Waals surface area contributed by atoms with E-state index >= 15 is 0 Å². The summed E-state index contributed by atoms with van der Waals surface area (Å²) in [6.45, 7) is 0.729. The van der Waals surface area contributed by atoms with Gasteiger partial charge in [-0.15, -0.1) is 0 Å². The van der Waals surface area contributed by atoms with Crippen LogP contribution in [0.5, 0.6) is 5.75 Å². The predicted molar refractivity (Wildman–Crippen MR) is 77.3 cm³/mol. The third-order valence-electron chi connectivity index (χ3n) is 3.37. The Morgan fingerprint density at radius 2 is 2.09 bits per heavy atom. The minimum atomic E-state index is -0.639. The molecule has 7 nitrogen and oxygen atoms in total. The normalized spacial score (nSPS) is 14.2. The smallest absolute Gasteiger partial charge is 0.267 e. The van der Waals surface area contributed by atoms with Gasteiger partial charge >= 0.3 is 0 Å². The van der Waals surface area contributed by atoms with Crippen molar-refractivity contribution in [2.45, 2.75) is 6.10 Å². The molecule has 0 unspecified atom stereocenters. The molecule has 1 fully saturated rings. The second-order valence-electron chi connectivity index (χ2n) is 5.08. The molecule has 3 heterocycles. The molecule has 0 bridgehead atoms. The van der Waals surface area contributed by atoms with Crippen molar-refractivity contribution in [1.82, 2.24) is 14.9 Å². The largest absolute Gasteiger partial charge is 0.487 e. The Labute approximate surface area is 130 Å². The first-order valence-electron chi connectivity index (χ1n) is 6.85. The lowest BCUT2D eigenvalue weighted by Crippen LogP contribution is -2.56. The van der Waals surface area contributed by atoms with Gasteiger partial charge in [-0.1, -0.05) is 0 Å². The molecule has 23 heavy (non-hydrogen) atoms. The lowest BCUT2D eigenvalue weighted by atomic mass is 10.1. The van der Waals surface area contributed by atoms with E-state index < -0.39 is 11.7 Å². The Bertz CT molecular complexity index is 762. The minimum Gasteiger partial charge on any atom is -0.487 e. The minimum absolute atomic E-state index is 0.112. The zero-order chi connectivity index (χ0) is 16.4. The molecule has 2 N–H and O–H groups in total. The molecule has 0 aromatic carbocycles. The summed E-state index contributed by atoms with van der Waals surface area (Å²) in [7, 11) is 0. The molecular weight excluding hydrogens is 303 g/mol. The number of likely N-dealkylation sites (tertiary alicyclic amines) is 1. The fourth-order valence-electron chi connectivity index (χ4n) is 2.20. The fourth-order valence-corrected chi connectivity index (χ4v) is 2.20. The number of amides is 2. The van der Waals surface area contributed by atoms with Crippen LogP contribution >= 0.6 is 0 Å². The van der Waals surface area contributed by atoms with E-state index in [1.54, 1.807) is 6.07 Å². The summed E-state index contributed by atoms with van der Waals surface area (Å²) in [6, 6.07) is 4.20. The maximum absolute atomic E-state index is 13.1. The van der Waals surface area contributed by atoms with E-state index in [9.17, 15) is 14.0 Å². The first-order valence-corrected chi connectivity index (χ1v) is 6.85. The van der Waals surface area contributed by atoms with Gasteiger partial charge in [-0.3, -0.25) is 19.6 Å². The fraction of sp³-hybridized carbons (Fsp3) is 0.200. The van der Waals surface area contributed by atoms with Gasteiger partial charge in [-0.05, 0) is 12.1 Å². The van der Waals surface area contributed by atoms with Crippen LogP contribution in [0.3, 0.4) is 0 Å². The Balaban J connectivity index is 1.58. The van der Waals surface area contributed by atoms with Crippen molar-refractivity contribution < 1.29 is 18.7 Å². The SMILES string of the molecule is NC(=O)c1cc(OC2CN(C(=O)c3cncc(F)c3)C2)ccn1. The van der Waals surface area contributed by atoms with Crippen LogP contribution in [0.4, 0.5) is 4.39 Å². The van der Waals surface area contributed by atoms with Crippen LogP contribution < -0.4 is 10.5 Å². The highest BCUT2D eigenvalue weighted by atomic mass is 19.1. The third kappa shape index (κ3) is 3.25. The number of hydrogen-bond acceptors (Lipinski definition) is 5. The molecule has 1 aliphatic heterocycles. The highest BCUT2D eigenvalue weighted by molar-refractivity contribution is 5.94. The van der Waals surface area contributed by atoms with Crippen LogP contribution in [-0.4, -0.2) is 45.9 Å². The number of nitrogens with zero attached hydrogens (tertiary/aromatic N) is 3. The number of hydrogen-bond donors (Lipinski definition) is 1. The summed E-state index contributed by atoms with van der Waals surface area (Å²) in [5, 5.41) is 0. The maximum Gasteiger partial charge on any atom is 0.267 e. The zero-order valence-electron chi connectivity index (χ0n) is 12.0. The number of pyridine rings is 2. The Kier molecular flexibility index (Phi) is 3.88. The molecular formula is C15H13FN4O3. The second kappa shape index (κ2) is 5.99. The van der Waals surface area contributed by atoms with Crippen LogP contribution in [0.25, 0.3) is 0 Å². The van der Waals surface area contributed by atoms with E-state index in [0.29, 0.717) is 18.8 Å². The van der Waals surface area contributed by atoms with Crippen molar-refractivity contribution in [2.24, 2.45) is 5.73 Å². The van der Waals surface area contributed by atoms with Crippen LogP contribution in [0, 0.1) is 5.82 Å². The monoisotopic (exact) mass is 316 g/mol. The average Bonchev–Trinajstić information content (AvgIpc) is 2.50. The molecule has 1 aliphatic rings. The van der Waals surface area contributed by atoms with E-state index in [0.717, 1.165) is 12.3 Å². The van der Waals surface area contributed by atoms with Gasteiger partial charge in [0.1, 0.15) is 23.4 Å². The van der Waals surface area contributed by atoms with Crippen LogP contribution in [0.1, 0.15) is 20.8 Å². The molecule has 0 aliphatic carbocycles. The summed E-state index contributed by atoms with van der Waals surface area (Å²) in [5.74, 6) is -1.04. The number of carbonyl (C=O) groups excluding carboxylic acids is 2. The Hall–Kier alpha value is -3.03. The average molecular weight is 316 g/mol. The number of ether oxygens (including phenoxy) is 1. The summed E-state index contributed by atoms with van der Waals surface area (Å²) in [5.41, 5.74) is 5.46. The van der Waals surface area contributed by atoms with Gasteiger partial charge in [0.2, 0.25) is 0 Å². The van der Waals surface area contributed by atoms with Crippen molar-refractivity contribution in [3.05, 3.63) is 53.9 Å². The van der Waals surface area contributed by atoms with Gasteiger partial charge in [0, 0.05) is 18.5 Å². The molecule has 0 radical (unpaired) electrons. The van der Waals surface area contributed by atoms with Crippen molar-refractivity contribution in [1.29, 1.82) is 0 Å². The molecule has 118 valence electrons. The molecule has 0 saturated carbocycles. The predicted octanol–water partition coefficient (Wildman–Crippen LogP) is 0.618. The number of carbonyl (C=O) groups is 2. The Morgan fingerprint density at radius 1 is 1.30 bits per heavy atom. The van der Waals surface area contributed by atoms with Crippen molar-refractivity contribution in [2.75, 3.05) is 13.1 Å². The highest BCUT2D eigenvalue weighted by Gasteiger charge is 2.33. The first kappa shape index (κ1) is 14.9. The number of primary amides is 1.